The first kappa shape index (κ1) is 18.5. The van der Waals surface area contributed by atoms with E-state index in [0.717, 1.165) is 6.26 Å². The molecule has 0 fully saturated rings. The monoisotopic (exact) mass is 381 g/mol. The molecule has 0 saturated carbocycles. The number of aromatic nitrogens is 1. The Kier molecular flexibility index (Phi) is 4.93. The molecule has 1 N–H and O–H groups in total. The molecule has 136 valence electrons. The van der Waals surface area contributed by atoms with Crippen molar-refractivity contribution in [3.8, 4) is 28.5 Å². The van der Waals surface area contributed by atoms with Crippen molar-refractivity contribution in [1.29, 1.82) is 5.26 Å². The van der Waals surface area contributed by atoms with E-state index >= 15 is 0 Å². The number of halogens is 1. The predicted octanol–water partition coefficient (Wildman–Crippen LogP) is 3.87. The van der Waals surface area contributed by atoms with Crippen LogP contribution in [0.4, 0.5) is 10.2 Å². The van der Waals surface area contributed by atoms with Gasteiger partial charge in [0, 0.05) is 24.4 Å². The third-order valence-electron chi connectivity index (χ3n) is 4.09. The minimum atomic E-state index is -3.31. The first-order valence-corrected chi connectivity index (χ1v) is 9.92. The Morgan fingerprint density at radius 2 is 1.63 bits per heavy atom. The van der Waals surface area contributed by atoms with Crippen LogP contribution in [0, 0.1) is 17.1 Å². The number of anilines is 1. The molecule has 0 atom stereocenters. The van der Waals surface area contributed by atoms with Crippen LogP contribution < -0.4 is 5.32 Å². The highest BCUT2D eigenvalue weighted by molar-refractivity contribution is 7.90. The van der Waals surface area contributed by atoms with Crippen molar-refractivity contribution < 1.29 is 12.8 Å². The molecule has 0 aliphatic heterocycles. The third kappa shape index (κ3) is 3.81. The average Bonchev–Trinajstić information content (AvgIpc) is 2.67. The summed E-state index contributed by atoms with van der Waals surface area (Å²) in [6.07, 6.45) is 1.14. The summed E-state index contributed by atoms with van der Waals surface area (Å²) in [6, 6.07) is 16.0. The van der Waals surface area contributed by atoms with E-state index in [4.69, 9.17) is 0 Å². The van der Waals surface area contributed by atoms with Crippen LogP contribution in [0.25, 0.3) is 22.4 Å². The van der Waals surface area contributed by atoms with Crippen molar-refractivity contribution in [1.82, 2.24) is 4.98 Å². The van der Waals surface area contributed by atoms with Crippen LogP contribution in [0.2, 0.25) is 0 Å². The van der Waals surface area contributed by atoms with E-state index in [9.17, 15) is 18.1 Å². The van der Waals surface area contributed by atoms with Gasteiger partial charge in [-0.1, -0.05) is 12.1 Å². The van der Waals surface area contributed by atoms with Gasteiger partial charge >= 0.3 is 0 Å². The fourth-order valence-electron chi connectivity index (χ4n) is 2.72. The van der Waals surface area contributed by atoms with Crippen LogP contribution in [0.3, 0.4) is 0 Å². The summed E-state index contributed by atoms with van der Waals surface area (Å²) in [5, 5.41) is 12.3. The van der Waals surface area contributed by atoms with Gasteiger partial charge in [-0.3, -0.25) is 0 Å². The Morgan fingerprint density at radius 3 is 2.15 bits per heavy atom. The molecule has 1 heterocycles. The van der Waals surface area contributed by atoms with Crippen molar-refractivity contribution in [3.63, 3.8) is 0 Å². The number of nitrogens with one attached hydrogen (secondary N) is 1. The predicted molar refractivity (Wildman–Crippen MR) is 102 cm³/mol. The number of sulfone groups is 1. The van der Waals surface area contributed by atoms with E-state index in [1.807, 2.05) is 0 Å². The van der Waals surface area contributed by atoms with E-state index < -0.39 is 9.84 Å². The van der Waals surface area contributed by atoms with E-state index in [0.29, 0.717) is 33.8 Å². The number of hydrogen-bond acceptors (Lipinski definition) is 5. The number of hydrogen-bond donors (Lipinski definition) is 1. The molecule has 7 heteroatoms. The second kappa shape index (κ2) is 7.17. The molecule has 2 aromatic carbocycles. The van der Waals surface area contributed by atoms with Crippen LogP contribution in [-0.2, 0) is 9.84 Å². The van der Waals surface area contributed by atoms with Crippen molar-refractivity contribution in [2.24, 2.45) is 0 Å². The summed E-state index contributed by atoms with van der Waals surface area (Å²) in [6.45, 7) is 0. The largest absolute Gasteiger partial charge is 0.372 e. The lowest BCUT2D eigenvalue weighted by Gasteiger charge is -2.13. The second-order valence-electron chi connectivity index (χ2n) is 5.95. The van der Waals surface area contributed by atoms with Crippen molar-refractivity contribution in [3.05, 3.63) is 66.0 Å². The Hall–Kier alpha value is -3.24. The molecule has 0 amide bonds. The number of pyridine rings is 1. The summed E-state index contributed by atoms with van der Waals surface area (Å²) in [7, 11) is -1.65. The molecule has 27 heavy (non-hydrogen) atoms. The van der Waals surface area contributed by atoms with Gasteiger partial charge in [0.05, 0.1) is 16.2 Å². The van der Waals surface area contributed by atoms with Gasteiger partial charge in [-0.2, -0.15) is 5.26 Å². The SMILES string of the molecule is CNc1nc(-c2ccc(F)cc2)c(-c2ccc(S(C)(=O)=O)cc2)cc1C#N. The zero-order chi connectivity index (χ0) is 19.6. The number of nitrogens with zero attached hydrogens (tertiary/aromatic N) is 2. The maximum absolute atomic E-state index is 13.3. The van der Waals surface area contributed by atoms with E-state index in [1.54, 1.807) is 37.4 Å². The Morgan fingerprint density at radius 1 is 1.04 bits per heavy atom. The lowest BCUT2D eigenvalue weighted by molar-refractivity contribution is 0.602. The molecule has 1 aromatic heterocycles. The summed E-state index contributed by atoms with van der Waals surface area (Å²) in [4.78, 5) is 4.74. The smallest absolute Gasteiger partial charge is 0.175 e. The van der Waals surface area contributed by atoms with E-state index in [-0.39, 0.29) is 10.7 Å². The highest BCUT2D eigenvalue weighted by atomic mass is 32.2. The molecule has 0 spiro atoms. The first-order valence-electron chi connectivity index (χ1n) is 8.03. The van der Waals surface area contributed by atoms with Gasteiger partial charge in [-0.25, -0.2) is 17.8 Å². The number of rotatable bonds is 4. The third-order valence-corrected chi connectivity index (χ3v) is 5.22. The zero-order valence-corrected chi connectivity index (χ0v) is 15.5. The topological polar surface area (TPSA) is 82.8 Å². The lowest BCUT2D eigenvalue weighted by Crippen LogP contribution is -2.01. The minimum absolute atomic E-state index is 0.204. The molecule has 3 aromatic rings. The second-order valence-corrected chi connectivity index (χ2v) is 7.96. The van der Waals surface area contributed by atoms with E-state index in [1.165, 1.54) is 24.3 Å². The van der Waals surface area contributed by atoms with Crippen LogP contribution in [0.5, 0.6) is 0 Å². The fourth-order valence-corrected chi connectivity index (χ4v) is 3.35. The Balaban J connectivity index is 2.24. The molecule has 0 aliphatic rings. The molecule has 5 nitrogen and oxygen atoms in total. The molecular formula is C20H16FN3O2S. The van der Waals surface area contributed by atoms with Crippen molar-refractivity contribution in [2.75, 3.05) is 18.6 Å². The van der Waals surface area contributed by atoms with Crippen LogP contribution in [0.15, 0.2) is 59.5 Å². The molecule has 0 aliphatic carbocycles. The highest BCUT2D eigenvalue weighted by Crippen LogP contribution is 2.34. The van der Waals surface area contributed by atoms with Gasteiger partial charge in [-0.15, -0.1) is 0 Å². The summed E-state index contributed by atoms with van der Waals surface area (Å²) in [5.41, 5.74) is 2.95. The normalized spacial score (nSPS) is 11.0. The van der Waals surface area contributed by atoms with Crippen LogP contribution in [-0.4, -0.2) is 26.7 Å². The van der Waals surface area contributed by atoms with Gasteiger partial charge in [0.1, 0.15) is 17.7 Å². The van der Waals surface area contributed by atoms with Gasteiger partial charge in [0.15, 0.2) is 9.84 Å². The molecule has 0 radical (unpaired) electrons. The van der Waals surface area contributed by atoms with Crippen molar-refractivity contribution >= 4 is 15.7 Å². The number of benzene rings is 2. The summed E-state index contributed by atoms with van der Waals surface area (Å²) in [5.74, 6) is 0.0496. The van der Waals surface area contributed by atoms with Gasteiger partial charge in [0.25, 0.3) is 0 Å². The average molecular weight is 381 g/mol. The zero-order valence-electron chi connectivity index (χ0n) is 14.7. The molecular weight excluding hydrogens is 365 g/mol. The standard InChI is InChI=1S/C20H16FN3O2S/c1-23-20-15(12-22)11-18(13-5-9-17(10-6-13)27(2,25)26)19(24-20)14-3-7-16(21)8-4-14/h3-11H,1-2H3,(H,23,24). The maximum atomic E-state index is 13.3. The van der Waals surface area contributed by atoms with Crippen LogP contribution in [0.1, 0.15) is 5.56 Å². The molecule has 0 saturated heterocycles. The van der Waals surface area contributed by atoms with Gasteiger partial charge in [-0.05, 0) is 48.0 Å². The summed E-state index contributed by atoms with van der Waals surface area (Å²) >= 11 is 0. The Labute approximate surface area is 157 Å². The molecule has 3 rings (SSSR count). The number of nitriles is 1. The quantitative estimate of drug-likeness (QED) is 0.742. The van der Waals surface area contributed by atoms with E-state index in [2.05, 4.69) is 16.4 Å². The first-order chi connectivity index (χ1) is 12.8. The molecule has 0 unspecified atom stereocenters. The maximum Gasteiger partial charge on any atom is 0.175 e. The lowest BCUT2D eigenvalue weighted by atomic mass is 9.97. The van der Waals surface area contributed by atoms with Gasteiger partial charge < -0.3 is 5.32 Å². The van der Waals surface area contributed by atoms with Crippen molar-refractivity contribution in [2.45, 2.75) is 4.90 Å². The molecule has 0 bridgehead atoms. The minimum Gasteiger partial charge on any atom is -0.372 e. The summed E-state index contributed by atoms with van der Waals surface area (Å²) < 4.78 is 36.7. The Bertz CT molecular complexity index is 1130. The fraction of sp³-hybridized carbons (Fsp3) is 0.100. The van der Waals surface area contributed by atoms with Gasteiger partial charge in [0.2, 0.25) is 0 Å². The highest BCUT2D eigenvalue weighted by Gasteiger charge is 2.15. The van der Waals surface area contributed by atoms with Crippen LogP contribution >= 0.6 is 0 Å².